The van der Waals surface area contributed by atoms with Crippen molar-refractivity contribution in [1.29, 1.82) is 0 Å². The van der Waals surface area contributed by atoms with Crippen LogP contribution in [0.15, 0.2) is 42.7 Å². The number of ether oxygens (including phenoxy) is 2. The van der Waals surface area contributed by atoms with Crippen molar-refractivity contribution in [3.05, 3.63) is 48.3 Å². The average molecular weight is 382 g/mol. The summed E-state index contributed by atoms with van der Waals surface area (Å²) in [6, 6.07) is 8.53. The van der Waals surface area contributed by atoms with E-state index in [9.17, 15) is 9.59 Å². The van der Waals surface area contributed by atoms with Crippen molar-refractivity contribution in [2.24, 2.45) is 0 Å². The van der Waals surface area contributed by atoms with E-state index in [1.54, 1.807) is 38.6 Å². The maximum Gasteiger partial charge on any atom is 0.329 e. The first-order chi connectivity index (χ1) is 13.5. The highest BCUT2D eigenvalue weighted by atomic mass is 16.5. The Bertz CT molecular complexity index is 897. The Morgan fingerprint density at radius 1 is 1.18 bits per heavy atom. The van der Waals surface area contributed by atoms with Crippen LogP contribution in [0.4, 0.5) is 10.5 Å². The summed E-state index contributed by atoms with van der Waals surface area (Å²) in [6.07, 6.45) is 3.12. The molecule has 4 rings (SSSR count). The van der Waals surface area contributed by atoms with Crippen LogP contribution in [0.2, 0.25) is 0 Å². The lowest BCUT2D eigenvalue weighted by Gasteiger charge is -2.28. The molecule has 2 saturated heterocycles. The van der Waals surface area contributed by atoms with E-state index in [0.717, 1.165) is 5.56 Å². The Morgan fingerprint density at radius 2 is 1.89 bits per heavy atom. The third-order valence-electron chi connectivity index (χ3n) is 5.41. The summed E-state index contributed by atoms with van der Waals surface area (Å²) in [4.78, 5) is 33.5. The summed E-state index contributed by atoms with van der Waals surface area (Å²) in [6.45, 7) is 1.03. The van der Waals surface area contributed by atoms with Crippen LogP contribution in [0.3, 0.4) is 0 Å². The Balaban J connectivity index is 1.78. The number of nitrogens with one attached hydrogen (secondary N) is 1. The molecule has 0 bridgehead atoms. The van der Waals surface area contributed by atoms with Crippen LogP contribution in [-0.2, 0) is 4.79 Å². The van der Waals surface area contributed by atoms with Gasteiger partial charge in [-0.25, -0.2) is 9.69 Å². The molecule has 2 aliphatic rings. The van der Waals surface area contributed by atoms with Crippen LogP contribution in [0.1, 0.15) is 11.5 Å². The van der Waals surface area contributed by atoms with E-state index in [0.29, 0.717) is 30.3 Å². The summed E-state index contributed by atoms with van der Waals surface area (Å²) < 4.78 is 10.8. The average Bonchev–Trinajstić information content (AvgIpc) is 3.17. The zero-order chi connectivity index (χ0) is 19.9. The lowest BCUT2D eigenvalue weighted by molar-refractivity contribution is -0.122. The highest BCUT2D eigenvalue weighted by molar-refractivity contribution is 6.24. The van der Waals surface area contributed by atoms with Crippen molar-refractivity contribution in [3.63, 3.8) is 0 Å². The number of carbonyl (C=O) groups is 2. The molecule has 146 valence electrons. The number of benzene rings is 1. The lowest BCUT2D eigenvalue weighted by atomic mass is 9.81. The van der Waals surface area contributed by atoms with Gasteiger partial charge in [-0.05, 0) is 36.9 Å². The van der Waals surface area contributed by atoms with Crippen molar-refractivity contribution < 1.29 is 19.1 Å². The van der Waals surface area contributed by atoms with Gasteiger partial charge >= 0.3 is 6.03 Å². The number of likely N-dealkylation sites (N-methyl/N-ethyl adjacent to an activating group) is 1. The second kappa shape index (κ2) is 6.79. The standard InChI is InChI=1S/C20H22N4O4/c1-23-11-17(13-7-15(27-2)9-16(8-13)28-3)20(12-23)18(25)24(19(26)22-20)14-5-4-6-21-10-14/h4-10,17H,11-12H2,1-3H3,(H,22,26)/t17-,20+/m1/s1. The molecular weight excluding hydrogens is 360 g/mol. The molecule has 2 aromatic rings. The van der Waals surface area contributed by atoms with Gasteiger partial charge < -0.3 is 19.7 Å². The fourth-order valence-electron chi connectivity index (χ4n) is 4.14. The maximum absolute atomic E-state index is 13.5. The SMILES string of the molecule is COc1cc(OC)cc([C@H]2CN(C)C[C@]23NC(=O)N(c2cccnc2)C3=O)c1. The second-order valence-corrected chi connectivity index (χ2v) is 7.15. The molecule has 3 amide bonds. The summed E-state index contributed by atoms with van der Waals surface area (Å²) in [7, 11) is 5.11. The number of carbonyl (C=O) groups excluding carboxylic acids is 2. The van der Waals surface area contributed by atoms with Gasteiger partial charge in [0.1, 0.15) is 17.0 Å². The first-order valence-corrected chi connectivity index (χ1v) is 8.97. The van der Waals surface area contributed by atoms with Crippen LogP contribution in [-0.4, -0.2) is 61.7 Å². The zero-order valence-electron chi connectivity index (χ0n) is 16.0. The molecule has 2 atom stereocenters. The molecule has 0 radical (unpaired) electrons. The molecule has 1 aromatic carbocycles. The largest absolute Gasteiger partial charge is 0.497 e. The predicted octanol–water partition coefficient (Wildman–Crippen LogP) is 1.62. The van der Waals surface area contributed by atoms with E-state index >= 15 is 0 Å². The fraction of sp³-hybridized carbons (Fsp3) is 0.350. The van der Waals surface area contributed by atoms with Gasteiger partial charge in [0, 0.05) is 31.3 Å². The highest BCUT2D eigenvalue weighted by Crippen LogP contribution is 2.42. The number of pyridine rings is 1. The zero-order valence-corrected chi connectivity index (χ0v) is 16.0. The maximum atomic E-state index is 13.5. The van der Waals surface area contributed by atoms with Crippen LogP contribution in [0.5, 0.6) is 11.5 Å². The van der Waals surface area contributed by atoms with Gasteiger partial charge in [-0.3, -0.25) is 9.78 Å². The smallest absolute Gasteiger partial charge is 0.329 e. The van der Waals surface area contributed by atoms with Crippen molar-refractivity contribution in [2.45, 2.75) is 11.5 Å². The molecule has 0 saturated carbocycles. The summed E-state index contributed by atoms with van der Waals surface area (Å²) >= 11 is 0. The van der Waals surface area contributed by atoms with Gasteiger partial charge in [-0.1, -0.05) is 0 Å². The Morgan fingerprint density at radius 3 is 2.50 bits per heavy atom. The molecule has 8 nitrogen and oxygen atoms in total. The number of amides is 3. The molecule has 1 aromatic heterocycles. The number of hydrogen-bond donors (Lipinski definition) is 1. The minimum atomic E-state index is -1.06. The molecule has 8 heteroatoms. The highest BCUT2D eigenvalue weighted by Gasteiger charge is 2.60. The van der Waals surface area contributed by atoms with Gasteiger partial charge in [0.2, 0.25) is 0 Å². The molecular formula is C20H22N4O4. The van der Waals surface area contributed by atoms with Crippen LogP contribution < -0.4 is 19.7 Å². The first kappa shape index (κ1) is 18.2. The van der Waals surface area contributed by atoms with E-state index in [1.807, 2.05) is 24.1 Å². The quantitative estimate of drug-likeness (QED) is 0.809. The molecule has 3 heterocycles. The number of anilines is 1. The Hall–Kier alpha value is -3.13. The van der Waals surface area contributed by atoms with E-state index in [4.69, 9.17) is 9.47 Å². The number of methoxy groups -OCH3 is 2. The number of aromatic nitrogens is 1. The number of rotatable bonds is 4. The summed E-state index contributed by atoms with van der Waals surface area (Å²) in [5.41, 5.74) is 0.277. The van der Waals surface area contributed by atoms with E-state index < -0.39 is 11.6 Å². The van der Waals surface area contributed by atoms with Crippen molar-refractivity contribution >= 4 is 17.6 Å². The molecule has 0 aliphatic carbocycles. The van der Waals surface area contributed by atoms with E-state index in [2.05, 4.69) is 10.3 Å². The summed E-state index contributed by atoms with van der Waals surface area (Å²) in [5.74, 6) is 0.751. The fourth-order valence-corrected chi connectivity index (χ4v) is 4.14. The molecule has 1 spiro atoms. The van der Waals surface area contributed by atoms with Crippen molar-refractivity contribution in [2.75, 3.05) is 39.3 Å². The van der Waals surface area contributed by atoms with E-state index in [-0.39, 0.29) is 11.8 Å². The van der Waals surface area contributed by atoms with Crippen LogP contribution >= 0.6 is 0 Å². The van der Waals surface area contributed by atoms with Gasteiger partial charge in [-0.15, -0.1) is 0 Å². The monoisotopic (exact) mass is 382 g/mol. The molecule has 0 unspecified atom stereocenters. The van der Waals surface area contributed by atoms with E-state index in [1.165, 1.54) is 11.1 Å². The second-order valence-electron chi connectivity index (χ2n) is 7.15. The van der Waals surface area contributed by atoms with Gasteiger partial charge in [0.15, 0.2) is 0 Å². The van der Waals surface area contributed by atoms with Gasteiger partial charge in [0.25, 0.3) is 5.91 Å². The van der Waals surface area contributed by atoms with Gasteiger partial charge in [-0.2, -0.15) is 0 Å². The number of urea groups is 1. The Labute approximate surface area is 163 Å². The number of likely N-dealkylation sites (tertiary alicyclic amines) is 1. The van der Waals surface area contributed by atoms with Crippen molar-refractivity contribution in [1.82, 2.24) is 15.2 Å². The van der Waals surface area contributed by atoms with Crippen molar-refractivity contribution in [3.8, 4) is 11.5 Å². The van der Waals surface area contributed by atoms with Crippen LogP contribution in [0.25, 0.3) is 0 Å². The molecule has 28 heavy (non-hydrogen) atoms. The number of hydrogen-bond acceptors (Lipinski definition) is 6. The molecule has 2 aliphatic heterocycles. The third kappa shape index (κ3) is 2.77. The van der Waals surface area contributed by atoms with Gasteiger partial charge in [0.05, 0.1) is 26.1 Å². The first-order valence-electron chi connectivity index (χ1n) is 8.97. The number of imide groups is 1. The molecule has 1 N–H and O–H groups in total. The molecule has 2 fully saturated rings. The minimum absolute atomic E-state index is 0.250. The van der Waals surface area contributed by atoms with Crippen LogP contribution in [0, 0.1) is 0 Å². The third-order valence-corrected chi connectivity index (χ3v) is 5.41. The normalized spacial score (nSPS) is 24.7. The number of nitrogens with zero attached hydrogens (tertiary/aromatic N) is 3. The summed E-state index contributed by atoms with van der Waals surface area (Å²) in [5, 5.41) is 2.97. The topological polar surface area (TPSA) is 84.0 Å². The predicted molar refractivity (Wildman–Crippen MR) is 103 cm³/mol. The lowest BCUT2D eigenvalue weighted by Crippen LogP contribution is -2.52. The Kier molecular flexibility index (Phi) is 4.43. The minimum Gasteiger partial charge on any atom is -0.497 e.